The number of aromatic nitrogens is 2. The smallest absolute Gasteiger partial charge is 0.226 e. The normalized spacial score (nSPS) is 31.0. The highest BCUT2D eigenvalue weighted by Gasteiger charge is 2.43. The van der Waals surface area contributed by atoms with Gasteiger partial charge in [-0.3, -0.25) is 4.79 Å². The zero-order valence-electron chi connectivity index (χ0n) is 13.4. The second kappa shape index (κ2) is 6.43. The van der Waals surface area contributed by atoms with Crippen LogP contribution in [-0.4, -0.2) is 59.7 Å². The Hall–Kier alpha value is -1.69. The van der Waals surface area contributed by atoms with E-state index in [0.29, 0.717) is 5.91 Å². The third-order valence-electron chi connectivity index (χ3n) is 5.50. The SMILES string of the molecule is O=C([C@@H]1CCO[C@@H]2CCN(c3ccncn3)C[C@H]21)N1CCCC1. The van der Waals surface area contributed by atoms with Gasteiger partial charge in [0.15, 0.2) is 0 Å². The van der Waals surface area contributed by atoms with E-state index in [1.165, 1.54) is 0 Å². The summed E-state index contributed by atoms with van der Waals surface area (Å²) in [5, 5.41) is 0. The van der Waals surface area contributed by atoms with E-state index in [1.54, 1.807) is 12.5 Å². The molecule has 3 aliphatic heterocycles. The van der Waals surface area contributed by atoms with Crippen LogP contribution >= 0.6 is 0 Å². The summed E-state index contributed by atoms with van der Waals surface area (Å²) in [4.78, 5) is 25.6. The number of nitrogens with zero attached hydrogens (tertiary/aromatic N) is 4. The van der Waals surface area contributed by atoms with Gasteiger partial charge in [-0.15, -0.1) is 0 Å². The zero-order valence-corrected chi connectivity index (χ0v) is 13.4. The Bertz CT molecular complexity index is 547. The summed E-state index contributed by atoms with van der Waals surface area (Å²) in [6, 6.07) is 1.95. The molecule has 6 heteroatoms. The minimum Gasteiger partial charge on any atom is -0.378 e. The predicted molar refractivity (Wildman–Crippen MR) is 86.0 cm³/mol. The van der Waals surface area contributed by atoms with E-state index in [4.69, 9.17) is 4.74 Å². The number of likely N-dealkylation sites (tertiary alicyclic amines) is 1. The van der Waals surface area contributed by atoms with Crippen molar-refractivity contribution in [1.82, 2.24) is 14.9 Å². The van der Waals surface area contributed by atoms with E-state index >= 15 is 0 Å². The molecule has 3 aliphatic rings. The first kappa shape index (κ1) is 14.9. The molecule has 124 valence electrons. The van der Waals surface area contributed by atoms with Crippen LogP contribution in [0.15, 0.2) is 18.6 Å². The van der Waals surface area contributed by atoms with Crippen LogP contribution in [0.3, 0.4) is 0 Å². The molecule has 0 spiro atoms. The molecule has 0 aliphatic carbocycles. The van der Waals surface area contributed by atoms with E-state index in [2.05, 4.69) is 19.8 Å². The van der Waals surface area contributed by atoms with Gasteiger partial charge in [0.25, 0.3) is 0 Å². The summed E-state index contributed by atoms with van der Waals surface area (Å²) in [6.07, 6.45) is 7.71. The lowest BCUT2D eigenvalue weighted by Gasteiger charge is -2.45. The van der Waals surface area contributed by atoms with Crippen LogP contribution in [0.1, 0.15) is 25.7 Å². The average Bonchev–Trinajstić information content (AvgIpc) is 3.15. The summed E-state index contributed by atoms with van der Waals surface area (Å²) in [7, 11) is 0. The van der Waals surface area contributed by atoms with Crippen molar-refractivity contribution < 1.29 is 9.53 Å². The maximum absolute atomic E-state index is 12.9. The highest BCUT2D eigenvalue weighted by molar-refractivity contribution is 5.79. The molecule has 0 radical (unpaired) electrons. The van der Waals surface area contributed by atoms with Crippen LogP contribution < -0.4 is 4.90 Å². The van der Waals surface area contributed by atoms with Crippen molar-refractivity contribution in [2.75, 3.05) is 37.7 Å². The Morgan fingerprint density at radius 1 is 1.22 bits per heavy atom. The maximum Gasteiger partial charge on any atom is 0.226 e. The number of carbonyl (C=O) groups is 1. The molecular weight excluding hydrogens is 292 g/mol. The quantitative estimate of drug-likeness (QED) is 0.824. The fraction of sp³-hybridized carbons (Fsp3) is 0.706. The Morgan fingerprint density at radius 3 is 2.87 bits per heavy atom. The largest absolute Gasteiger partial charge is 0.378 e. The Labute approximate surface area is 136 Å². The van der Waals surface area contributed by atoms with Gasteiger partial charge in [-0.25, -0.2) is 9.97 Å². The first-order valence-corrected chi connectivity index (χ1v) is 8.74. The van der Waals surface area contributed by atoms with E-state index in [0.717, 1.165) is 64.3 Å². The summed E-state index contributed by atoms with van der Waals surface area (Å²) in [6.45, 7) is 4.38. The molecule has 0 aromatic carbocycles. The lowest BCUT2D eigenvalue weighted by atomic mass is 9.78. The number of hydrogen-bond donors (Lipinski definition) is 0. The number of anilines is 1. The van der Waals surface area contributed by atoms with Crippen molar-refractivity contribution in [1.29, 1.82) is 0 Å². The maximum atomic E-state index is 12.9. The van der Waals surface area contributed by atoms with Crippen LogP contribution in [0, 0.1) is 11.8 Å². The lowest BCUT2D eigenvalue weighted by Crippen LogP contribution is -2.54. The molecule has 6 nitrogen and oxygen atoms in total. The third-order valence-corrected chi connectivity index (χ3v) is 5.50. The standard InChI is InChI=1S/C17H24N4O2/c22-17(20-7-1-2-8-20)13-5-10-23-15-4-9-21(11-14(13)15)16-3-6-18-12-19-16/h3,6,12-15H,1-2,4-5,7-11H2/t13-,14+,15-/m1/s1. The number of rotatable bonds is 2. The molecule has 0 saturated carbocycles. The minimum atomic E-state index is 0.108. The molecular formula is C17H24N4O2. The second-order valence-corrected chi connectivity index (χ2v) is 6.80. The van der Waals surface area contributed by atoms with Gasteiger partial charge < -0.3 is 14.5 Å². The van der Waals surface area contributed by atoms with Crippen molar-refractivity contribution in [2.24, 2.45) is 11.8 Å². The van der Waals surface area contributed by atoms with Crippen LogP contribution in [0.4, 0.5) is 5.82 Å². The third kappa shape index (κ3) is 2.92. The number of carbonyl (C=O) groups excluding carboxylic acids is 1. The van der Waals surface area contributed by atoms with Crippen molar-refractivity contribution >= 4 is 11.7 Å². The predicted octanol–water partition coefficient (Wildman–Crippen LogP) is 1.33. The van der Waals surface area contributed by atoms with Gasteiger partial charge >= 0.3 is 0 Å². The molecule has 1 aromatic heterocycles. The molecule has 23 heavy (non-hydrogen) atoms. The minimum absolute atomic E-state index is 0.108. The van der Waals surface area contributed by atoms with Crippen molar-refractivity contribution in [3.05, 3.63) is 18.6 Å². The molecule has 0 N–H and O–H groups in total. The van der Waals surface area contributed by atoms with Gasteiger partial charge in [0.05, 0.1) is 6.10 Å². The number of ether oxygens (including phenoxy) is 1. The Balaban J connectivity index is 1.51. The molecule has 4 heterocycles. The number of fused-ring (bicyclic) bond motifs is 1. The van der Waals surface area contributed by atoms with E-state index < -0.39 is 0 Å². The van der Waals surface area contributed by atoms with Gasteiger partial charge in [-0.2, -0.15) is 0 Å². The van der Waals surface area contributed by atoms with Gasteiger partial charge in [-0.05, 0) is 31.7 Å². The van der Waals surface area contributed by atoms with Crippen LogP contribution in [0.5, 0.6) is 0 Å². The molecule has 0 bridgehead atoms. The number of hydrogen-bond acceptors (Lipinski definition) is 5. The van der Waals surface area contributed by atoms with Gasteiger partial charge in [0, 0.05) is 50.8 Å². The second-order valence-electron chi connectivity index (χ2n) is 6.80. The monoisotopic (exact) mass is 316 g/mol. The number of piperidine rings is 1. The summed E-state index contributed by atoms with van der Waals surface area (Å²) < 4.78 is 5.98. The van der Waals surface area contributed by atoms with Gasteiger partial charge in [0.2, 0.25) is 5.91 Å². The van der Waals surface area contributed by atoms with E-state index in [-0.39, 0.29) is 17.9 Å². The molecule has 1 aromatic rings. The van der Waals surface area contributed by atoms with Crippen LogP contribution in [0.2, 0.25) is 0 Å². The van der Waals surface area contributed by atoms with Gasteiger partial charge in [-0.1, -0.05) is 0 Å². The Kier molecular flexibility index (Phi) is 4.16. The number of amides is 1. The fourth-order valence-electron chi connectivity index (χ4n) is 4.27. The molecule has 3 saturated heterocycles. The lowest BCUT2D eigenvalue weighted by molar-refractivity contribution is -0.146. The molecule has 0 unspecified atom stereocenters. The van der Waals surface area contributed by atoms with E-state index in [1.807, 2.05) is 6.07 Å². The van der Waals surface area contributed by atoms with Crippen molar-refractivity contribution in [2.45, 2.75) is 31.8 Å². The van der Waals surface area contributed by atoms with Gasteiger partial charge in [0.1, 0.15) is 12.1 Å². The first-order valence-electron chi connectivity index (χ1n) is 8.74. The highest BCUT2D eigenvalue weighted by Crippen LogP contribution is 2.35. The first-order chi connectivity index (χ1) is 11.3. The van der Waals surface area contributed by atoms with Crippen molar-refractivity contribution in [3.63, 3.8) is 0 Å². The molecule has 3 fully saturated rings. The molecule has 1 amide bonds. The van der Waals surface area contributed by atoms with Crippen LogP contribution in [-0.2, 0) is 9.53 Å². The fourth-order valence-corrected chi connectivity index (χ4v) is 4.27. The van der Waals surface area contributed by atoms with Crippen molar-refractivity contribution in [3.8, 4) is 0 Å². The average molecular weight is 316 g/mol. The zero-order chi connectivity index (χ0) is 15.6. The Morgan fingerprint density at radius 2 is 2.09 bits per heavy atom. The molecule has 3 atom stereocenters. The van der Waals surface area contributed by atoms with Crippen LogP contribution in [0.25, 0.3) is 0 Å². The summed E-state index contributed by atoms with van der Waals surface area (Å²) in [5.74, 6) is 1.69. The highest BCUT2D eigenvalue weighted by atomic mass is 16.5. The topological polar surface area (TPSA) is 58.6 Å². The van der Waals surface area contributed by atoms with E-state index in [9.17, 15) is 4.79 Å². The summed E-state index contributed by atoms with van der Waals surface area (Å²) >= 11 is 0. The molecule has 4 rings (SSSR count). The summed E-state index contributed by atoms with van der Waals surface area (Å²) in [5.41, 5.74) is 0.